The van der Waals surface area contributed by atoms with Crippen molar-refractivity contribution in [3.8, 4) is 0 Å². The molecular formula is C25H32F3N3O4S. The van der Waals surface area contributed by atoms with E-state index in [1.54, 1.807) is 0 Å². The molecule has 7 nitrogen and oxygen atoms in total. The fraction of sp³-hybridized carbons (Fsp3) is 0.440. The number of carbonyl (C=O) groups is 2. The summed E-state index contributed by atoms with van der Waals surface area (Å²) in [6.07, 6.45) is -2.80. The third kappa shape index (κ3) is 8.25. The minimum absolute atomic E-state index is 0.109. The topological polar surface area (TPSA) is 86.8 Å². The van der Waals surface area contributed by atoms with Gasteiger partial charge >= 0.3 is 6.18 Å². The van der Waals surface area contributed by atoms with Gasteiger partial charge in [0.1, 0.15) is 12.6 Å². The first-order valence-corrected chi connectivity index (χ1v) is 13.4. The third-order valence-corrected chi connectivity index (χ3v) is 6.93. The van der Waals surface area contributed by atoms with Crippen molar-refractivity contribution in [2.75, 3.05) is 23.7 Å². The van der Waals surface area contributed by atoms with Gasteiger partial charge in [-0.2, -0.15) is 13.2 Å². The predicted molar refractivity (Wildman–Crippen MR) is 133 cm³/mol. The molecule has 0 fully saturated rings. The van der Waals surface area contributed by atoms with Crippen molar-refractivity contribution in [1.82, 2.24) is 10.2 Å². The second-order valence-corrected chi connectivity index (χ2v) is 10.5. The van der Waals surface area contributed by atoms with Crippen molar-refractivity contribution in [3.05, 3.63) is 65.7 Å². The quantitative estimate of drug-likeness (QED) is 0.481. The SMILES string of the molecule is CC[C@H](C)NC(=O)[C@@H](C)N(CCc1ccccc1)C(=O)CN(c1cccc(C(F)(F)F)c1)S(C)(=O)=O. The average Bonchev–Trinajstić information content (AvgIpc) is 2.81. The van der Waals surface area contributed by atoms with E-state index in [0.717, 1.165) is 24.0 Å². The van der Waals surface area contributed by atoms with Crippen LogP contribution in [0.25, 0.3) is 0 Å². The molecule has 2 rings (SSSR count). The first-order valence-electron chi connectivity index (χ1n) is 11.5. The first-order chi connectivity index (χ1) is 16.7. The zero-order chi connectivity index (χ0) is 27.1. The molecule has 11 heteroatoms. The number of carbonyl (C=O) groups excluding carboxylic acids is 2. The van der Waals surface area contributed by atoms with Gasteiger partial charge < -0.3 is 10.2 Å². The van der Waals surface area contributed by atoms with Crippen LogP contribution in [0.4, 0.5) is 18.9 Å². The number of hydrogen-bond acceptors (Lipinski definition) is 4. The highest BCUT2D eigenvalue weighted by Gasteiger charge is 2.33. The Bertz CT molecular complexity index is 1140. The maximum atomic E-state index is 13.4. The lowest BCUT2D eigenvalue weighted by Gasteiger charge is -2.32. The summed E-state index contributed by atoms with van der Waals surface area (Å²) in [6, 6.07) is 11.9. The summed E-state index contributed by atoms with van der Waals surface area (Å²) < 4.78 is 65.3. The van der Waals surface area contributed by atoms with Crippen LogP contribution in [0.3, 0.4) is 0 Å². The van der Waals surface area contributed by atoms with Gasteiger partial charge in [0, 0.05) is 12.6 Å². The molecule has 2 aromatic carbocycles. The van der Waals surface area contributed by atoms with Crippen LogP contribution in [0.1, 0.15) is 38.3 Å². The zero-order valence-electron chi connectivity index (χ0n) is 20.7. The molecular weight excluding hydrogens is 495 g/mol. The van der Waals surface area contributed by atoms with Crippen molar-refractivity contribution < 1.29 is 31.2 Å². The molecule has 198 valence electrons. The van der Waals surface area contributed by atoms with Gasteiger partial charge in [0.05, 0.1) is 17.5 Å². The number of benzene rings is 2. The number of hydrogen-bond donors (Lipinski definition) is 1. The smallest absolute Gasteiger partial charge is 0.352 e. The first kappa shape index (κ1) is 29.2. The van der Waals surface area contributed by atoms with Crippen LogP contribution in [0.2, 0.25) is 0 Å². The summed E-state index contributed by atoms with van der Waals surface area (Å²) in [6.45, 7) is 4.61. The summed E-state index contributed by atoms with van der Waals surface area (Å²) in [5.74, 6) is -1.11. The molecule has 0 bridgehead atoms. The standard InChI is InChI=1S/C25H32F3N3O4S/c1-5-18(2)29-24(33)19(3)30(15-14-20-10-7-6-8-11-20)23(32)17-31(36(4,34)35)22-13-9-12-21(16-22)25(26,27)28/h6-13,16,18-19H,5,14-15,17H2,1-4H3,(H,29,33)/t18-,19+/m0/s1. The lowest BCUT2D eigenvalue weighted by atomic mass is 10.1. The molecule has 0 unspecified atom stereocenters. The number of rotatable bonds is 11. The molecule has 1 N–H and O–H groups in total. The minimum atomic E-state index is -4.69. The molecule has 2 amide bonds. The summed E-state index contributed by atoms with van der Waals surface area (Å²) in [7, 11) is -4.13. The van der Waals surface area contributed by atoms with E-state index in [0.29, 0.717) is 23.2 Å². The Morgan fingerprint density at radius 1 is 1.03 bits per heavy atom. The number of nitrogens with zero attached hydrogens (tertiary/aromatic N) is 2. The van der Waals surface area contributed by atoms with Gasteiger partial charge in [-0.1, -0.05) is 43.3 Å². The summed E-state index contributed by atoms with van der Waals surface area (Å²) in [5, 5.41) is 2.81. The van der Waals surface area contributed by atoms with Gasteiger partial charge in [0.25, 0.3) is 0 Å². The van der Waals surface area contributed by atoms with Crippen molar-refractivity contribution in [2.24, 2.45) is 0 Å². The van der Waals surface area contributed by atoms with Crippen LogP contribution >= 0.6 is 0 Å². The number of nitrogens with one attached hydrogen (secondary N) is 1. The molecule has 0 aromatic heterocycles. The lowest BCUT2D eigenvalue weighted by molar-refractivity contribution is -0.139. The Labute approximate surface area is 210 Å². The third-order valence-electron chi connectivity index (χ3n) is 5.79. The van der Waals surface area contributed by atoms with Crippen LogP contribution in [0.5, 0.6) is 0 Å². The van der Waals surface area contributed by atoms with Crippen molar-refractivity contribution >= 4 is 27.5 Å². The van der Waals surface area contributed by atoms with Crippen LogP contribution in [-0.4, -0.2) is 56.6 Å². The van der Waals surface area contributed by atoms with Gasteiger partial charge in [-0.25, -0.2) is 8.42 Å². The molecule has 0 radical (unpaired) electrons. The molecule has 0 saturated carbocycles. The van der Waals surface area contributed by atoms with E-state index in [1.807, 2.05) is 44.2 Å². The van der Waals surface area contributed by atoms with E-state index >= 15 is 0 Å². The highest BCUT2D eigenvalue weighted by molar-refractivity contribution is 7.92. The molecule has 0 heterocycles. The molecule has 0 saturated heterocycles. The lowest BCUT2D eigenvalue weighted by Crippen LogP contribution is -2.53. The van der Waals surface area contributed by atoms with Gasteiger partial charge in [0.2, 0.25) is 21.8 Å². The molecule has 0 spiro atoms. The van der Waals surface area contributed by atoms with Crippen LogP contribution in [0.15, 0.2) is 54.6 Å². The Balaban J connectivity index is 2.37. The Morgan fingerprint density at radius 2 is 1.67 bits per heavy atom. The van der Waals surface area contributed by atoms with Crippen LogP contribution in [0, 0.1) is 0 Å². The van der Waals surface area contributed by atoms with Crippen LogP contribution < -0.4 is 9.62 Å². The van der Waals surface area contributed by atoms with E-state index in [4.69, 9.17) is 0 Å². The van der Waals surface area contributed by atoms with Crippen molar-refractivity contribution in [1.29, 1.82) is 0 Å². The van der Waals surface area contributed by atoms with Gasteiger partial charge in [-0.15, -0.1) is 0 Å². The molecule has 2 atom stereocenters. The van der Waals surface area contributed by atoms with E-state index < -0.39 is 46.2 Å². The maximum absolute atomic E-state index is 13.4. The van der Waals surface area contributed by atoms with Crippen LogP contribution in [-0.2, 0) is 32.2 Å². The summed E-state index contributed by atoms with van der Waals surface area (Å²) in [4.78, 5) is 27.5. The second kappa shape index (κ2) is 12.2. The fourth-order valence-corrected chi connectivity index (χ4v) is 4.33. The van der Waals surface area contributed by atoms with Gasteiger partial charge in [-0.05, 0) is 50.5 Å². The van der Waals surface area contributed by atoms with Gasteiger partial charge in [-0.3, -0.25) is 13.9 Å². The predicted octanol–water partition coefficient (Wildman–Crippen LogP) is 3.85. The van der Waals surface area contributed by atoms with E-state index in [1.165, 1.54) is 17.9 Å². The Hall–Kier alpha value is -3.08. The summed E-state index contributed by atoms with van der Waals surface area (Å²) in [5.41, 5.74) is -0.425. The number of amides is 2. The number of halogens is 3. The van der Waals surface area contributed by atoms with Crippen molar-refractivity contribution in [3.63, 3.8) is 0 Å². The van der Waals surface area contributed by atoms with E-state index in [2.05, 4.69) is 5.32 Å². The molecule has 0 aliphatic heterocycles. The number of anilines is 1. The van der Waals surface area contributed by atoms with Crippen molar-refractivity contribution in [2.45, 2.75) is 51.9 Å². The second-order valence-electron chi connectivity index (χ2n) is 8.63. The minimum Gasteiger partial charge on any atom is -0.352 e. The van der Waals surface area contributed by atoms with E-state index in [-0.39, 0.29) is 18.3 Å². The number of sulfonamides is 1. The Kier molecular flexibility index (Phi) is 9.92. The Morgan fingerprint density at radius 3 is 2.22 bits per heavy atom. The maximum Gasteiger partial charge on any atom is 0.416 e. The molecule has 2 aromatic rings. The molecule has 36 heavy (non-hydrogen) atoms. The van der Waals surface area contributed by atoms with E-state index in [9.17, 15) is 31.2 Å². The summed E-state index contributed by atoms with van der Waals surface area (Å²) >= 11 is 0. The molecule has 0 aliphatic carbocycles. The van der Waals surface area contributed by atoms with Gasteiger partial charge in [0.15, 0.2) is 0 Å². The zero-order valence-corrected chi connectivity index (χ0v) is 21.6. The average molecular weight is 528 g/mol. The molecule has 0 aliphatic rings. The number of alkyl halides is 3. The largest absolute Gasteiger partial charge is 0.416 e. The highest BCUT2D eigenvalue weighted by Crippen LogP contribution is 2.32. The monoisotopic (exact) mass is 527 g/mol. The highest BCUT2D eigenvalue weighted by atomic mass is 32.2. The fourth-order valence-electron chi connectivity index (χ4n) is 3.49. The normalized spacial score (nSPS) is 13.5.